The van der Waals surface area contributed by atoms with E-state index in [4.69, 9.17) is 4.74 Å². The van der Waals surface area contributed by atoms with Crippen LogP contribution in [-0.4, -0.2) is 13.7 Å². The predicted octanol–water partition coefficient (Wildman–Crippen LogP) is 2.14. The van der Waals surface area contributed by atoms with E-state index in [-0.39, 0.29) is 0 Å². The first-order chi connectivity index (χ1) is 5.86. The summed E-state index contributed by atoms with van der Waals surface area (Å²) in [5.41, 5.74) is 1.31. The molecule has 12 heavy (non-hydrogen) atoms. The highest BCUT2D eigenvalue weighted by atomic mass is 79.9. The molecule has 3 heteroatoms. The number of nitrogens with one attached hydrogen (secondary N) is 1. The van der Waals surface area contributed by atoms with Crippen molar-refractivity contribution in [2.24, 2.45) is 0 Å². The Morgan fingerprint density at radius 3 is 2.50 bits per heavy atom. The number of benzene rings is 1. The number of hydrogen-bond donors (Lipinski definition) is 1. The summed E-state index contributed by atoms with van der Waals surface area (Å²) >= 11 is 3.16. The van der Waals surface area contributed by atoms with Gasteiger partial charge in [0.1, 0.15) is 5.75 Å². The quantitative estimate of drug-likeness (QED) is 0.800. The van der Waals surface area contributed by atoms with Gasteiger partial charge in [0.25, 0.3) is 0 Å². The summed E-state index contributed by atoms with van der Waals surface area (Å²) in [5, 5.41) is 0. The van der Waals surface area contributed by atoms with Crippen LogP contribution >= 0.6 is 16.1 Å². The number of rotatable bonds is 4. The molecule has 1 rings (SSSR count). The van der Waals surface area contributed by atoms with E-state index in [9.17, 15) is 0 Å². The smallest absolute Gasteiger partial charge is 0.118 e. The molecule has 0 bridgehead atoms. The number of methoxy groups -OCH3 is 1. The summed E-state index contributed by atoms with van der Waals surface area (Å²) in [5.74, 6) is 0.908. The molecule has 0 heterocycles. The largest absolute Gasteiger partial charge is 0.497 e. The monoisotopic (exact) mass is 229 g/mol. The van der Waals surface area contributed by atoms with Crippen LogP contribution in [0.25, 0.3) is 0 Å². The van der Waals surface area contributed by atoms with Crippen molar-refractivity contribution >= 4 is 16.1 Å². The van der Waals surface area contributed by atoms with Gasteiger partial charge in [-0.1, -0.05) is 12.1 Å². The molecule has 0 unspecified atom stereocenters. The van der Waals surface area contributed by atoms with E-state index in [1.807, 2.05) is 12.1 Å². The van der Waals surface area contributed by atoms with Gasteiger partial charge in [-0.2, -0.15) is 0 Å². The lowest BCUT2D eigenvalue weighted by Crippen LogP contribution is -2.03. The molecule has 66 valence electrons. The van der Waals surface area contributed by atoms with Crippen molar-refractivity contribution in [1.82, 2.24) is 4.34 Å². The second kappa shape index (κ2) is 5.17. The molecule has 0 aliphatic carbocycles. The van der Waals surface area contributed by atoms with Gasteiger partial charge in [-0.15, -0.1) is 0 Å². The molecular weight excluding hydrogens is 218 g/mol. The molecule has 0 aliphatic heterocycles. The second-order valence-corrected chi connectivity index (χ2v) is 3.04. The summed E-state index contributed by atoms with van der Waals surface area (Å²) in [6, 6.07) is 8.10. The standard InChI is InChI=1S/C9H12BrNO/c1-12-9-4-2-8(3-5-9)6-7-11-10/h2-5,11H,6-7H2,1H3. The van der Waals surface area contributed by atoms with Crippen LogP contribution in [0.2, 0.25) is 0 Å². The highest BCUT2D eigenvalue weighted by molar-refractivity contribution is 9.08. The first-order valence-corrected chi connectivity index (χ1v) is 4.62. The van der Waals surface area contributed by atoms with Crippen molar-refractivity contribution in [1.29, 1.82) is 0 Å². The fourth-order valence-electron chi connectivity index (χ4n) is 0.984. The molecular formula is C9H12BrNO. The minimum atomic E-state index is 0.908. The lowest BCUT2D eigenvalue weighted by molar-refractivity contribution is 0.414. The maximum Gasteiger partial charge on any atom is 0.118 e. The fraction of sp³-hybridized carbons (Fsp3) is 0.333. The molecule has 0 spiro atoms. The summed E-state index contributed by atoms with van der Waals surface area (Å²) in [6.07, 6.45) is 1.02. The minimum absolute atomic E-state index is 0.908. The molecule has 1 aromatic rings. The van der Waals surface area contributed by atoms with Crippen molar-refractivity contribution in [3.05, 3.63) is 29.8 Å². The molecule has 0 saturated heterocycles. The molecule has 0 amide bonds. The predicted molar refractivity (Wildman–Crippen MR) is 53.6 cm³/mol. The van der Waals surface area contributed by atoms with Gasteiger partial charge in [0.05, 0.1) is 7.11 Å². The number of ether oxygens (including phenoxy) is 1. The fourth-order valence-corrected chi connectivity index (χ4v) is 1.18. The highest BCUT2D eigenvalue weighted by Gasteiger charge is 1.92. The Balaban J connectivity index is 2.53. The first kappa shape index (κ1) is 9.55. The molecule has 0 fully saturated rings. The summed E-state index contributed by atoms with van der Waals surface area (Å²) < 4.78 is 7.97. The van der Waals surface area contributed by atoms with Crippen LogP contribution in [0.3, 0.4) is 0 Å². The van der Waals surface area contributed by atoms with Gasteiger partial charge in [0, 0.05) is 22.7 Å². The van der Waals surface area contributed by atoms with Crippen molar-refractivity contribution in [3.8, 4) is 5.75 Å². The third-order valence-corrected chi connectivity index (χ3v) is 2.06. The third-order valence-electron chi connectivity index (χ3n) is 1.67. The molecule has 0 radical (unpaired) electrons. The van der Waals surface area contributed by atoms with Crippen LogP contribution in [0.4, 0.5) is 0 Å². The third kappa shape index (κ3) is 2.83. The Bertz CT molecular complexity index is 222. The summed E-state index contributed by atoms with van der Waals surface area (Å²) in [4.78, 5) is 0. The average Bonchev–Trinajstić information content (AvgIpc) is 2.15. The van der Waals surface area contributed by atoms with Crippen molar-refractivity contribution in [3.63, 3.8) is 0 Å². The molecule has 0 atom stereocenters. The first-order valence-electron chi connectivity index (χ1n) is 3.83. The lowest BCUT2D eigenvalue weighted by Gasteiger charge is -2.01. The minimum Gasteiger partial charge on any atom is -0.497 e. The molecule has 0 aliphatic rings. The Labute approximate surface area is 81.3 Å². The second-order valence-electron chi connectivity index (χ2n) is 2.48. The van der Waals surface area contributed by atoms with E-state index >= 15 is 0 Å². The van der Waals surface area contributed by atoms with E-state index in [1.165, 1.54) is 5.56 Å². The Morgan fingerprint density at radius 2 is 2.00 bits per heavy atom. The molecule has 1 N–H and O–H groups in total. The Kier molecular flexibility index (Phi) is 4.11. The van der Waals surface area contributed by atoms with Crippen LogP contribution in [-0.2, 0) is 6.42 Å². The highest BCUT2D eigenvalue weighted by Crippen LogP contribution is 2.11. The molecule has 0 saturated carbocycles. The lowest BCUT2D eigenvalue weighted by atomic mass is 10.1. The van der Waals surface area contributed by atoms with Gasteiger partial charge >= 0.3 is 0 Å². The van der Waals surface area contributed by atoms with E-state index in [1.54, 1.807) is 7.11 Å². The zero-order valence-electron chi connectivity index (χ0n) is 7.01. The van der Waals surface area contributed by atoms with E-state index in [0.717, 1.165) is 18.7 Å². The van der Waals surface area contributed by atoms with E-state index in [2.05, 4.69) is 32.6 Å². The van der Waals surface area contributed by atoms with Crippen molar-refractivity contribution < 1.29 is 4.74 Å². The maximum atomic E-state index is 5.05. The molecule has 0 aromatic heterocycles. The van der Waals surface area contributed by atoms with Gasteiger partial charge in [-0.05, 0) is 24.1 Å². The topological polar surface area (TPSA) is 21.3 Å². The molecule has 1 aromatic carbocycles. The normalized spacial score (nSPS) is 9.83. The van der Waals surface area contributed by atoms with Crippen LogP contribution < -0.4 is 9.08 Å². The maximum absolute atomic E-state index is 5.05. The van der Waals surface area contributed by atoms with E-state index < -0.39 is 0 Å². The average molecular weight is 230 g/mol. The zero-order valence-corrected chi connectivity index (χ0v) is 8.60. The summed E-state index contributed by atoms with van der Waals surface area (Å²) in [7, 11) is 1.68. The van der Waals surface area contributed by atoms with Gasteiger partial charge in [0.2, 0.25) is 0 Å². The zero-order chi connectivity index (χ0) is 8.81. The van der Waals surface area contributed by atoms with Gasteiger partial charge < -0.3 is 4.74 Å². The summed E-state index contributed by atoms with van der Waals surface area (Å²) in [6.45, 7) is 0.937. The van der Waals surface area contributed by atoms with E-state index in [0.29, 0.717) is 0 Å². The van der Waals surface area contributed by atoms with Crippen LogP contribution in [0.1, 0.15) is 5.56 Å². The molecule has 2 nitrogen and oxygen atoms in total. The Hall–Kier alpha value is -0.540. The van der Waals surface area contributed by atoms with Gasteiger partial charge in [-0.25, -0.2) is 0 Å². The van der Waals surface area contributed by atoms with Crippen LogP contribution in [0, 0.1) is 0 Å². The van der Waals surface area contributed by atoms with Crippen LogP contribution in [0.15, 0.2) is 24.3 Å². The van der Waals surface area contributed by atoms with Crippen molar-refractivity contribution in [2.75, 3.05) is 13.7 Å². The Morgan fingerprint density at radius 1 is 1.33 bits per heavy atom. The van der Waals surface area contributed by atoms with Gasteiger partial charge in [0.15, 0.2) is 0 Å². The van der Waals surface area contributed by atoms with Crippen molar-refractivity contribution in [2.45, 2.75) is 6.42 Å². The number of hydrogen-bond acceptors (Lipinski definition) is 2. The SMILES string of the molecule is COc1ccc(CCNBr)cc1. The van der Waals surface area contributed by atoms with Gasteiger partial charge in [-0.3, -0.25) is 4.34 Å². The van der Waals surface area contributed by atoms with Crippen LogP contribution in [0.5, 0.6) is 5.75 Å². The number of halogens is 1.